The average Bonchev–Trinajstić information content (AvgIpc) is 3.85. The number of nitrogens with one attached hydrogen (secondary N) is 2. The minimum absolute atomic E-state index is 0.166. The number of carbonyl (C=O) groups is 3. The van der Waals surface area contributed by atoms with Gasteiger partial charge < -0.3 is 24.3 Å². The summed E-state index contributed by atoms with van der Waals surface area (Å²) in [6.45, 7) is 10.5. The molecule has 13 nitrogen and oxygen atoms in total. The molecule has 65 heavy (non-hydrogen) atoms. The van der Waals surface area contributed by atoms with Crippen molar-refractivity contribution in [1.29, 1.82) is 0 Å². The summed E-state index contributed by atoms with van der Waals surface area (Å²) in [7, 11) is 0. The number of ether oxygens (including phenoxy) is 2. The molecule has 1 saturated heterocycles. The fourth-order valence-corrected chi connectivity index (χ4v) is 9.71. The second kappa shape index (κ2) is 22.3. The Morgan fingerprint density at radius 1 is 0.923 bits per heavy atom. The minimum atomic E-state index is -0.661. The summed E-state index contributed by atoms with van der Waals surface area (Å²) in [4.78, 5) is 52.5. The number of fused-ring (bicyclic) bond motifs is 2. The van der Waals surface area contributed by atoms with Crippen LogP contribution in [0.15, 0.2) is 73.1 Å². The predicted octanol–water partition coefficient (Wildman–Crippen LogP) is 8.32. The highest BCUT2D eigenvalue weighted by Crippen LogP contribution is 2.37. The number of anilines is 2. The molecule has 3 aromatic carbocycles. The normalized spacial score (nSPS) is 16.5. The number of aromatic nitrogens is 3. The summed E-state index contributed by atoms with van der Waals surface area (Å²) in [5.41, 5.74) is 7.59. The molecule has 0 radical (unpaired) electrons. The first-order valence-corrected chi connectivity index (χ1v) is 23.6. The smallest absolute Gasteiger partial charge is 0.255 e. The van der Waals surface area contributed by atoms with Gasteiger partial charge in [0, 0.05) is 98.1 Å². The van der Waals surface area contributed by atoms with Crippen LogP contribution in [0.25, 0.3) is 22.2 Å². The number of piperazine rings is 1. The van der Waals surface area contributed by atoms with Gasteiger partial charge in [0.25, 0.3) is 5.91 Å². The number of nitrogens with zero attached hydrogens (tertiary/aromatic N) is 6. The highest BCUT2D eigenvalue weighted by atomic mass is 35.5. The lowest BCUT2D eigenvalue weighted by Crippen LogP contribution is -2.46. The molecule has 2 N–H and O–H groups in total. The van der Waals surface area contributed by atoms with E-state index in [0.29, 0.717) is 74.1 Å². The molecular formula is C50H60ClFN8O5. The van der Waals surface area contributed by atoms with Gasteiger partial charge in [-0.1, -0.05) is 80.6 Å². The van der Waals surface area contributed by atoms with Crippen molar-refractivity contribution in [3.05, 3.63) is 106 Å². The fourth-order valence-electron chi connectivity index (χ4n) is 9.49. The number of carbonyl (C=O) groups excluding carboxylic acids is 3. The zero-order valence-corrected chi connectivity index (χ0v) is 38.0. The van der Waals surface area contributed by atoms with Gasteiger partial charge in [0.2, 0.25) is 18.3 Å². The van der Waals surface area contributed by atoms with Gasteiger partial charge in [-0.25, -0.2) is 9.37 Å². The van der Waals surface area contributed by atoms with Gasteiger partial charge in [-0.2, -0.15) is 4.98 Å². The van der Waals surface area contributed by atoms with Crippen molar-refractivity contribution in [2.45, 2.75) is 89.9 Å². The van der Waals surface area contributed by atoms with Crippen LogP contribution in [0.2, 0.25) is 5.02 Å². The Morgan fingerprint density at radius 2 is 1.68 bits per heavy atom. The molecule has 2 aliphatic heterocycles. The van der Waals surface area contributed by atoms with Crippen molar-refractivity contribution in [2.75, 3.05) is 64.5 Å². The molecule has 2 aromatic heterocycles. The highest BCUT2D eigenvalue weighted by Gasteiger charge is 2.36. The molecule has 344 valence electrons. The van der Waals surface area contributed by atoms with E-state index in [1.165, 1.54) is 37.0 Å². The zero-order chi connectivity index (χ0) is 45.1. The van der Waals surface area contributed by atoms with E-state index < -0.39 is 17.8 Å². The number of aryl methyl sites for hydroxylation is 1. The average molecular weight is 908 g/mol. The number of hydrogen-bond acceptors (Lipinski definition) is 10. The van der Waals surface area contributed by atoms with E-state index in [-0.39, 0.29) is 5.91 Å². The molecular weight excluding hydrogens is 847 g/mol. The Balaban J connectivity index is 0.735. The third kappa shape index (κ3) is 11.8. The van der Waals surface area contributed by atoms with Gasteiger partial charge in [-0.05, 0) is 78.6 Å². The molecule has 0 spiro atoms. The van der Waals surface area contributed by atoms with Gasteiger partial charge in [-0.3, -0.25) is 29.5 Å². The Morgan fingerprint density at radius 3 is 2.43 bits per heavy atom. The lowest BCUT2D eigenvalue weighted by molar-refractivity contribution is -0.129. The predicted molar refractivity (Wildman–Crippen MR) is 251 cm³/mol. The Kier molecular flexibility index (Phi) is 15.9. The summed E-state index contributed by atoms with van der Waals surface area (Å²) < 4.78 is 28.2. The molecule has 0 bridgehead atoms. The van der Waals surface area contributed by atoms with Crippen LogP contribution in [-0.4, -0.2) is 113 Å². The number of benzene rings is 3. The number of hydrogen-bond donors (Lipinski definition) is 2. The van der Waals surface area contributed by atoms with Crippen molar-refractivity contribution in [3.8, 4) is 11.1 Å². The fraction of sp³-hybridized carbons (Fsp3) is 0.460. The van der Waals surface area contributed by atoms with Crippen LogP contribution in [0.1, 0.15) is 91.4 Å². The van der Waals surface area contributed by atoms with E-state index in [2.05, 4.69) is 66.5 Å². The maximum absolute atomic E-state index is 14.1. The Hall–Kier alpha value is -5.25. The van der Waals surface area contributed by atoms with Crippen LogP contribution < -0.4 is 10.6 Å². The quantitative estimate of drug-likeness (QED) is 0.0547. The molecule has 1 unspecified atom stereocenters. The van der Waals surface area contributed by atoms with Gasteiger partial charge in [0.05, 0.1) is 19.8 Å². The van der Waals surface area contributed by atoms with E-state index in [0.717, 1.165) is 105 Å². The molecule has 4 heterocycles. The van der Waals surface area contributed by atoms with E-state index in [9.17, 15) is 18.8 Å². The Bertz CT molecular complexity index is 2400. The monoisotopic (exact) mass is 906 g/mol. The Labute approximate surface area is 385 Å². The maximum Gasteiger partial charge on any atom is 0.255 e. The number of imide groups is 1. The van der Waals surface area contributed by atoms with Crippen LogP contribution in [0, 0.1) is 5.82 Å². The molecule has 1 aliphatic carbocycles. The second-order valence-electron chi connectivity index (χ2n) is 17.5. The maximum atomic E-state index is 14.1. The van der Waals surface area contributed by atoms with E-state index >= 15 is 0 Å². The van der Waals surface area contributed by atoms with Crippen LogP contribution in [0.3, 0.4) is 0 Å². The van der Waals surface area contributed by atoms with Crippen molar-refractivity contribution in [3.63, 3.8) is 0 Å². The molecule has 1 saturated carbocycles. The SMILES string of the molecule is CCCC(C(=O)NC=O)N1Cc2cc(CCCOCCOCCN3CCN(Cc4ccc(-c5cn(C6CCCCC6)c6nc(Nc7cc(F)cc(Cl)c7)ncc56)cc4)CC3)ccc2C1=O. The van der Waals surface area contributed by atoms with E-state index in [4.69, 9.17) is 26.1 Å². The van der Waals surface area contributed by atoms with Crippen LogP contribution >= 0.6 is 11.6 Å². The summed E-state index contributed by atoms with van der Waals surface area (Å²) >= 11 is 6.11. The summed E-state index contributed by atoms with van der Waals surface area (Å²) in [5.74, 6) is -0.616. The van der Waals surface area contributed by atoms with Crippen LogP contribution in [0.4, 0.5) is 16.0 Å². The van der Waals surface area contributed by atoms with Gasteiger partial charge in [0.1, 0.15) is 17.5 Å². The summed E-state index contributed by atoms with van der Waals surface area (Å²) in [5, 5.41) is 6.68. The van der Waals surface area contributed by atoms with E-state index in [1.807, 2.05) is 25.3 Å². The number of halogens is 2. The topological polar surface area (TPSA) is 134 Å². The third-order valence-corrected chi connectivity index (χ3v) is 13.1. The van der Waals surface area contributed by atoms with Crippen molar-refractivity contribution in [2.24, 2.45) is 0 Å². The van der Waals surface area contributed by atoms with Crippen molar-refractivity contribution >= 4 is 52.5 Å². The van der Waals surface area contributed by atoms with Gasteiger partial charge in [0.15, 0.2) is 0 Å². The number of amides is 3. The van der Waals surface area contributed by atoms with E-state index in [1.54, 1.807) is 11.0 Å². The van der Waals surface area contributed by atoms with Crippen molar-refractivity contribution in [1.82, 2.24) is 34.6 Å². The lowest BCUT2D eigenvalue weighted by Gasteiger charge is -2.34. The first-order valence-electron chi connectivity index (χ1n) is 23.2. The van der Waals surface area contributed by atoms with Gasteiger partial charge in [-0.15, -0.1) is 0 Å². The summed E-state index contributed by atoms with van der Waals surface area (Å²) in [6, 6.07) is 18.8. The van der Waals surface area contributed by atoms with Crippen LogP contribution in [-0.2, 0) is 38.6 Å². The number of rotatable bonds is 21. The first-order chi connectivity index (χ1) is 31.8. The molecule has 5 aromatic rings. The lowest BCUT2D eigenvalue weighted by atomic mass is 9.95. The molecule has 3 aliphatic rings. The largest absolute Gasteiger partial charge is 0.379 e. The van der Waals surface area contributed by atoms with Crippen molar-refractivity contribution < 1.29 is 28.2 Å². The zero-order valence-electron chi connectivity index (χ0n) is 37.3. The summed E-state index contributed by atoms with van der Waals surface area (Å²) in [6.07, 6.45) is 13.3. The first kappa shape index (κ1) is 46.3. The molecule has 3 amide bonds. The minimum Gasteiger partial charge on any atom is -0.379 e. The second-order valence-corrected chi connectivity index (χ2v) is 17.9. The highest BCUT2D eigenvalue weighted by molar-refractivity contribution is 6.30. The third-order valence-electron chi connectivity index (χ3n) is 12.9. The molecule has 2 fully saturated rings. The van der Waals surface area contributed by atoms with Gasteiger partial charge >= 0.3 is 0 Å². The molecule has 8 rings (SSSR count). The molecule has 15 heteroatoms. The standard InChI is InChI=1S/C50H60ClFN8O5/c1-2-7-46(48(62)54-34-61)60-32-38-26-35(13-16-43(38)49(60)63)8-6-22-64-24-25-65-23-21-57-17-19-58(20-18-57)31-36-11-14-37(15-12-36)45-33-59(42-9-4-3-5-10-42)47-44(45)30-53-50(56-47)55-41-28-39(51)27-40(52)29-41/h11-16,26-30,33-34,42,46H,2-10,17-25,31-32H2,1H3,(H,53,55,56)(H,54,61,62). The molecule has 1 atom stereocenters. The van der Waals surface area contributed by atoms with Crippen LogP contribution in [0.5, 0.6) is 0 Å².